The van der Waals surface area contributed by atoms with Crippen LogP contribution in [0, 0.1) is 13.8 Å². The van der Waals surface area contributed by atoms with E-state index in [1.54, 1.807) is 12.4 Å². The highest BCUT2D eigenvalue weighted by Gasteiger charge is 2.31. The molecule has 2 heterocycles. The molecule has 0 bridgehead atoms. The fourth-order valence-electron chi connectivity index (χ4n) is 2.66. The van der Waals surface area contributed by atoms with Crippen LogP contribution in [0.4, 0.5) is 5.82 Å². The van der Waals surface area contributed by atoms with E-state index in [0.717, 1.165) is 24.2 Å². The second-order valence-corrected chi connectivity index (χ2v) is 5.78. The molecule has 1 unspecified atom stereocenters. The van der Waals surface area contributed by atoms with Gasteiger partial charge in [-0.3, -0.25) is 9.78 Å². The third-order valence-electron chi connectivity index (χ3n) is 3.87. The Hall–Kier alpha value is -2.43. The molecular formula is C17H20N4O. The lowest BCUT2D eigenvalue weighted by Crippen LogP contribution is -2.33. The second-order valence-electron chi connectivity index (χ2n) is 5.78. The zero-order valence-electron chi connectivity index (χ0n) is 12.9. The van der Waals surface area contributed by atoms with Crippen LogP contribution < -0.4 is 5.32 Å². The van der Waals surface area contributed by atoms with Crippen molar-refractivity contribution in [3.63, 3.8) is 0 Å². The van der Waals surface area contributed by atoms with E-state index < -0.39 is 0 Å². The van der Waals surface area contributed by atoms with Crippen molar-refractivity contribution in [1.82, 2.24) is 14.9 Å². The molecule has 1 N–H and O–H groups in total. The zero-order valence-corrected chi connectivity index (χ0v) is 12.9. The number of hydrogen-bond donors (Lipinski definition) is 1. The second kappa shape index (κ2) is 6.13. The molecule has 1 aromatic heterocycles. The van der Waals surface area contributed by atoms with Crippen molar-refractivity contribution in [2.24, 2.45) is 0 Å². The van der Waals surface area contributed by atoms with E-state index in [2.05, 4.69) is 46.5 Å². The van der Waals surface area contributed by atoms with Crippen LogP contribution in [0.25, 0.3) is 0 Å². The molecule has 1 aromatic carbocycles. The smallest absolute Gasteiger partial charge is 0.245 e. The first-order chi connectivity index (χ1) is 10.6. The van der Waals surface area contributed by atoms with Gasteiger partial charge < -0.3 is 10.2 Å². The van der Waals surface area contributed by atoms with E-state index >= 15 is 0 Å². The molecular weight excluding hydrogens is 276 g/mol. The Bertz CT molecular complexity index is 669. The summed E-state index contributed by atoms with van der Waals surface area (Å²) in [5, 5.41) is 3.19. The predicted octanol–water partition coefficient (Wildman–Crippen LogP) is 2.31. The molecule has 1 amide bonds. The van der Waals surface area contributed by atoms with Crippen molar-refractivity contribution < 1.29 is 4.79 Å². The lowest BCUT2D eigenvalue weighted by Gasteiger charge is -2.17. The van der Waals surface area contributed by atoms with Gasteiger partial charge in [0.15, 0.2) is 0 Å². The van der Waals surface area contributed by atoms with Gasteiger partial charge in [-0.2, -0.15) is 0 Å². The van der Waals surface area contributed by atoms with Crippen molar-refractivity contribution in [2.75, 3.05) is 11.9 Å². The van der Waals surface area contributed by atoms with Crippen LogP contribution >= 0.6 is 0 Å². The van der Waals surface area contributed by atoms with Crippen LogP contribution in [0.1, 0.15) is 23.2 Å². The van der Waals surface area contributed by atoms with Gasteiger partial charge in [0.2, 0.25) is 5.91 Å². The topological polar surface area (TPSA) is 58.1 Å². The molecule has 1 saturated heterocycles. The van der Waals surface area contributed by atoms with Gasteiger partial charge in [-0.15, -0.1) is 0 Å². The van der Waals surface area contributed by atoms with Crippen molar-refractivity contribution in [3.8, 4) is 0 Å². The average molecular weight is 296 g/mol. The number of aromatic nitrogens is 2. The number of carbonyl (C=O) groups excluding carboxylic acids is 1. The largest absolute Gasteiger partial charge is 0.357 e. The summed E-state index contributed by atoms with van der Waals surface area (Å²) in [5.41, 5.74) is 3.23. The van der Waals surface area contributed by atoms with Gasteiger partial charge in [0.1, 0.15) is 11.9 Å². The Morgan fingerprint density at radius 1 is 1.23 bits per heavy atom. The van der Waals surface area contributed by atoms with Crippen LogP contribution in [-0.2, 0) is 11.3 Å². The third kappa shape index (κ3) is 3.24. The quantitative estimate of drug-likeness (QED) is 0.940. The molecule has 22 heavy (non-hydrogen) atoms. The van der Waals surface area contributed by atoms with Gasteiger partial charge in [-0.1, -0.05) is 29.8 Å². The van der Waals surface area contributed by atoms with E-state index in [0.29, 0.717) is 12.4 Å². The number of likely N-dealkylation sites (tertiary alicyclic amines) is 1. The summed E-state index contributed by atoms with van der Waals surface area (Å²) in [7, 11) is 0. The highest BCUT2D eigenvalue weighted by molar-refractivity contribution is 5.86. The molecule has 1 fully saturated rings. The van der Waals surface area contributed by atoms with Gasteiger partial charge in [0.25, 0.3) is 0 Å². The molecule has 0 aliphatic carbocycles. The molecule has 5 heteroatoms. The summed E-state index contributed by atoms with van der Waals surface area (Å²) < 4.78 is 0. The summed E-state index contributed by atoms with van der Waals surface area (Å²) in [6, 6.07) is 8.11. The van der Waals surface area contributed by atoms with Gasteiger partial charge in [0, 0.05) is 19.3 Å². The molecule has 2 aromatic rings. The summed E-state index contributed by atoms with van der Waals surface area (Å²) in [6.45, 7) is 5.38. The monoisotopic (exact) mass is 296 g/mol. The van der Waals surface area contributed by atoms with Gasteiger partial charge in [-0.25, -0.2) is 4.98 Å². The lowest BCUT2D eigenvalue weighted by molar-refractivity contribution is -0.128. The minimum Gasteiger partial charge on any atom is -0.357 e. The standard InChI is InChI=1S/C17H20N4O/c1-12-3-5-14(6-4-12)11-21-8-7-15(17(21)22)20-16-10-18-9-13(2)19-16/h3-6,9-10,15H,7-8,11H2,1-2H3,(H,19,20). The van der Waals surface area contributed by atoms with Crippen LogP contribution in [0.3, 0.4) is 0 Å². The number of nitrogens with one attached hydrogen (secondary N) is 1. The van der Waals surface area contributed by atoms with E-state index in [1.807, 2.05) is 11.8 Å². The van der Waals surface area contributed by atoms with Crippen molar-refractivity contribution in [1.29, 1.82) is 0 Å². The Morgan fingerprint density at radius 2 is 2.00 bits per heavy atom. The number of hydrogen-bond acceptors (Lipinski definition) is 4. The van der Waals surface area contributed by atoms with Crippen LogP contribution in [0.2, 0.25) is 0 Å². The third-order valence-corrected chi connectivity index (χ3v) is 3.87. The molecule has 3 rings (SSSR count). The number of carbonyl (C=O) groups is 1. The van der Waals surface area contributed by atoms with Gasteiger partial charge >= 0.3 is 0 Å². The average Bonchev–Trinajstić information content (AvgIpc) is 2.83. The maximum absolute atomic E-state index is 12.5. The number of nitrogens with zero attached hydrogens (tertiary/aromatic N) is 3. The summed E-state index contributed by atoms with van der Waals surface area (Å²) in [4.78, 5) is 22.8. The first kappa shape index (κ1) is 14.5. The van der Waals surface area contributed by atoms with Crippen molar-refractivity contribution >= 4 is 11.7 Å². The Morgan fingerprint density at radius 3 is 2.73 bits per heavy atom. The summed E-state index contributed by atoms with van der Waals surface area (Å²) in [5.74, 6) is 0.791. The minimum absolute atomic E-state index is 0.129. The van der Waals surface area contributed by atoms with Crippen LogP contribution in [0.5, 0.6) is 0 Å². The zero-order chi connectivity index (χ0) is 15.5. The van der Waals surface area contributed by atoms with E-state index in [1.165, 1.54) is 5.56 Å². The molecule has 114 valence electrons. The predicted molar refractivity (Wildman–Crippen MR) is 85.4 cm³/mol. The molecule has 1 aliphatic rings. The number of aryl methyl sites for hydroxylation is 2. The Kier molecular flexibility index (Phi) is 4.04. The number of amides is 1. The van der Waals surface area contributed by atoms with Gasteiger partial charge in [-0.05, 0) is 25.8 Å². The molecule has 5 nitrogen and oxygen atoms in total. The lowest BCUT2D eigenvalue weighted by atomic mass is 10.1. The molecule has 1 atom stereocenters. The molecule has 0 radical (unpaired) electrons. The SMILES string of the molecule is Cc1ccc(CN2CCC(Nc3cncc(C)n3)C2=O)cc1. The van der Waals surface area contributed by atoms with E-state index in [-0.39, 0.29) is 11.9 Å². The fourth-order valence-corrected chi connectivity index (χ4v) is 2.66. The van der Waals surface area contributed by atoms with Crippen molar-refractivity contribution in [3.05, 3.63) is 53.5 Å². The van der Waals surface area contributed by atoms with Crippen LogP contribution in [0.15, 0.2) is 36.7 Å². The number of rotatable bonds is 4. The fraction of sp³-hybridized carbons (Fsp3) is 0.353. The minimum atomic E-state index is -0.207. The number of anilines is 1. The number of benzene rings is 1. The van der Waals surface area contributed by atoms with Crippen molar-refractivity contribution in [2.45, 2.75) is 32.9 Å². The highest BCUT2D eigenvalue weighted by atomic mass is 16.2. The van der Waals surface area contributed by atoms with Gasteiger partial charge in [0.05, 0.1) is 11.9 Å². The first-order valence-electron chi connectivity index (χ1n) is 7.51. The molecule has 0 saturated carbocycles. The summed E-state index contributed by atoms with van der Waals surface area (Å²) in [6.07, 6.45) is 4.15. The maximum atomic E-state index is 12.5. The Balaban J connectivity index is 1.63. The van der Waals surface area contributed by atoms with Crippen LogP contribution in [-0.4, -0.2) is 33.4 Å². The highest BCUT2D eigenvalue weighted by Crippen LogP contribution is 2.18. The molecule has 0 spiro atoms. The van der Waals surface area contributed by atoms with E-state index in [9.17, 15) is 4.79 Å². The summed E-state index contributed by atoms with van der Waals surface area (Å²) >= 11 is 0. The first-order valence-corrected chi connectivity index (χ1v) is 7.51. The van der Waals surface area contributed by atoms with E-state index in [4.69, 9.17) is 0 Å². The maximum Gasteiger partial charge on any atom is 0.245 e. The normalized spacial score (nSPS) is 17.8. The Labute approximate surface area is 130 Å². The molecule has 1 aliphatic heterocycles.